The van der Waals surface area contributed by atoms with E-state index in [9.17, 15) is 13.2 Å². The molecule has 1 amide bonds. The van der Waals surface area contributed by atoms with Gasteiger partial charge in [-0.3, -0.25) is 9.10 Å². The van der Waals surface area contributed by atoms with Crippen molar-refractivity contribution < 1.29 is 17.9 Å². The highest BCUT2D eigenvalue weighted by molar-refractivity contribution is 7.92. The molecule has 0 saturated heterocycles. The van der Waals surface area contributed by atoms with Gasteiger partial charge in [0.1, 0.15) is 12.3 Å². The largest absolute Gasteiger partial charge is 0.494 e. The molecule has 1 fully saturated rings. The lowest BCUT2D eigenvalue weighted by Crippen LogP contribution is -2.43. The predicted molar refractivity (Wildman–Crippen MR) is 94.8 cm³/mol. The zero-order chi connectivity index (χ0) is 17.6. The van der Waals surface area contributed by atoms with Gasteiger partial charge in [0, 0.05) is 6.04 Å². The van der Waals surface area contributed by atoms with E-state index in [2.05, 4.69) is 5.32 Å². The van der Waals surface area contributed by atoms with Crippen LogP contribution in [0.15, 0.2) is 24.3 Å². The Morgan fingerprint density at radius 1 is 1.25 bits per heavy atom. The smallest absolute Gasteiger partial charge is 0.240 e. The summed E-state index contributed by atoms with van der Waals surface area (Å²) in [7, 11) is -3.54. The quantitative estimate of drug-likeness (QED) is 0.777. The lowest BCUT2D eigenvalue weighted by Gasteiger charge is -2.23. The third-order valence-electron chi connectivity index (χ3n) is 4.01. The molecule has 1 aliphatic rings. The Hall–Kier alpha value is -1.76. The van der Waals surface area contributed by atoms with Crippen LogP contribution in [0.4, 0.5) is 5.69 Å². The lowest BCUT2D eigenvalue weighted by atomic mass is 10.2. The van der Waals surface area contributed by atoms with Crippen LogP contribution in [0.25, 0.3) is 0 Å². The van der Waals surface area contributed by atoms with Gasteiger partial charge in [-0.25, -0.2) is 8.42 Å². The van der Waals surface area contributed by atoms with E-state index >= 15 is 0 Å². The van der Waals surface area contributed by atoms with Crippen molar-refractivity contribution >= 4 is 21.6 Å². The van der Waals surface area contributed by atoms with Crippen LogP contribution in [0.3, 0.4) is 0 Å². The number of carbonyl (C=O) groups excluding carboxylic acids is 1. The molecular weight excluding hydrogens is 328 g/mol. The molecule has 7 heteroatoms. The second-order valence-corrected chi connectivity index (χ2v) is 8.07. The van der Waals surface area contributed by atoms with E-state index < -0.39 is 10.0 Å². The molecule has 0 radical (unpaired) electrons. The summed E-state index contributed by atoms with van der Waals surface area (Å²) in [4.78, 5) is 12.2. The number of ether oxygens (including phenoxy) is 1. The van der Waals surface area contributed by atoms with Crippen LogP contribution in [0.2, 0.25) is 0 Å². The fourth-order valence-electron chi connectivity index (χ4n) is 2.80. The Kier molecular flexibility index (Phi) is 6.48. The molecule has 24 heavy (non-hydrogen) atoms. The molecule has 1 aromatic rings. The molecule has 134 valence electrons. The molecule has 0 unspecified atom stereocenters. The molecule has 2 rings (SSSR count). The van der Waals surface area contributed by atoms with Crippen molar-refractivity contribution in [2.45, 2.75) is 45.1 Å². The third kappa shape index (κ3) is 5.40. The van der Waals surface area contributed by atoms with Crippen LogP contribution in [-0.4, -0.2) is 39.8 Å². The van der Waals surface area contributed by atoms with Gasteiger partial charge in [-0.2, -0.15) is 0 Å². The molecule has 0 aliphatic heterocycles. The molecule has 6 nitrogen and oxygen atoms in total. The van der Waals surface area contributed by atoms with E-state index in [0.29, 0.717) is 18.0 Å². The van der Waals surface area contributed by atoms with Crippen molar-refractivity contribution in [3.63, 3.8) is 0 Å². The maximum atomic E-state index is 12.2. The van der Waals surface area contributed by atoms with Crippen molar-refractivity contribution in [2.24, 2.45) is 0 Å². The van der Waals surface area contributed by atoms with Gasteiger partial charge in [0.05, 0.1) is 18.6 Å². The first-order valence-electron chi connectivity index (χ1n) is 8.40. The van der Waals surface area contributed by atoms with Crippen LogP contribution in [-0.2, 0) is 14.8 Å². The zero-order valence-corrected chi connectivity index (χ0v) is 15.1. The Bertz CT molecular complexity index is 637. The highest BCUT2D eigenvalue weighted by atomic mass is 32.2. The van der Waals surface area contributed by atoms with Gasteiger partial charge < -0.3 is 10.1 Å². The number of hydrogen-bond acceptors (Lipinski definition) is 4. The number of nitrogens with one attached hydrogen (secondary N) is 1. The zero-order valence-electron chi connectivity index (χ0n) is 14.3. The molecule has 0 spiro atoms. The van der Waals surface area contributed by atoms with Crippen LogP contribution >= 0.6 is 0 Å². The summed E-state index contributed by atoms with van der Waals surface area (Å²) < 4.78 is 30.8. The number of anilines is 1. The Morgan fingerprint density at radius 2 is 1.88 bits per heavy atom. The SMILES string of the molecule is CCCOc1ccc(N(CC(=O)NC2CCCC2)S(C)(=O)=O)cc1. The number of rotatable bonds is 8. The highest BCUT2D eigenvalue weighted by Gasteiger charge is 2.23. The average Bonchev–Trinajstić information content (AvgIpc) is 3.03. The summed E-state index contributed by atoms with van der Waals surface area (Å²) in [5.41, 5.74) is 0.461. The van der Waals surface area contributed by atoms with Crippen LogP contribution in [0, 0.1) is 0 Å². The highest BCUT2D eigenvalue weighted by Crippen LogP contribution is 2.22. The molecule has 0 aromatic heterocycles. The Labute approximate surface area is 144 Å². The van der Waals surface area contributed by atoms with Gasteiger partial charge in [0.2, 0.25) is 15.9 Å². The van der Waals surface area contributed by atoms with Crippen LogP contribution in [0.1, 0.15) is 39.0 Å². The van der Waals surface area contributed by atoms with E-state index in [1.165, 1.54) is 0 Å². The number of amides is 1. The maximum Gasteiger partial charge on any atom is 0.240 e. The molecule has 1 saturated carbocycles. The van der Waals surface area contributed by atoms with Gasteiger partial charge in [-0.1, -0.05) is 19.8 Å². The predicted octanol–water partition coefficient (Wildman–Crippen LogP) is 2.30. The normalized spacial score (nSPS) is 15.2. The monoisotopic (exact) mass is 354 g/mol. The fourth-order valence-corrected chi connectivity index (χ4v) is 3.66. The van der Waals surface area contributed by atoms with Gasteiger partial charge in [0.25, 0.3) is 0 Å². The summed E-state index contributed by atoms with van der Waals surface area (Å²) in [5, 5.41) is 2.92. The van der Waals surface area contributed by atoms with Gasteiger partial charge in [-0.05, 0) is 43.5 Å². The molecule has 0 atom stereocenters. The van der Waals surface area contributed by atoms with Crippen molar-refractivity contribution in [1.29, 1.82) is 0 Å². The Morgan fingerprint density at radius 3 is 2.42 bits per heavy atom. The summed E-state index contributed by atoms with van der Waals surface area (Å²) in [6.07, 6.45) is 6.16. The molecule has 1 N–H and O–H groups in total. The van der Waals surface area contributed by atoms with Crippen molar-refractivity contribution in [3.05, 3.63) is 24.3 Å². The van der Waals surface area contributed by atoms with E-state index in [4.69, 9.17) is 4.74 Å². The first kappa shape index (κ1) is 18.6. The maximum absolute atomic E-state index is 12.2. The topological polar surface area (TPSA) is 75.7 Å². The minimum Gasteiger partial charge on any atom is -0.494 e. The van der Waals surface area contributed by atoms with E-state index in [0.717, 1.165) is 42.7 Å². The molecule has 1 aliphatic carbocycles. The molecule has 0 bridgehead atoms. The minimum atomic E-state index is -3.54. The van der Waals surface area contributed by atoms with Gasteiger partial charge >= 0.3 is 0 Å². The van der Waals surface area contributed by atoms with E-state index in [-0.39, 0.29) is 18.5 Å². The second kappa shape index (κ2) is 8.37. The summed E-state index contributed by atoms with van der Waals surface area (Å²) in [6, 6.07) is 6.93. The molecular formula is C17H26N2O4S. The van der Waals surface area contributed by atoms with Crippen molar-refractivity contribution in [3.8, 4) is 5.75 Å². The third-order valence-corrected chi connectivity index (χ3v) is 5.15. The first-order valence-corrected chi connectivity index (χ1v) is 10.2. The standard InChI is InChI=1S/C17H26N2O4S/c1-3-12-23-16-10-8-15(9-11-16)19(24(2,21)22)13-17(20)18-14-6-4-5-7-14/h8-11,14H,3-7,12-13H2,1-2H3,(H,18,20). The number of carbonyl (C=O) groups is 1. The number of sulfonamides is 1. The minimum absolute atomic E-state index is 0.170. The van der Waals surface area contributed by atoms with Gasteiger partial charge in [-0.15, -0.1) is 0 Å². The Balaban J connectivity index is 2.06. The van der Waals surface area contributed by atoms with Crippen molar-refractivity contribution in [1.82, 2.24) is 5.32 Å². The van der Waals surface area contributed by atoms with Crippen LogP contribution < -0.4 is 14.4 Å². The number of nitrogens with zero attached hydrogens (tertiary/aromatic N) is 1. The van der Waals surface area contributed by atoms with E-state index in [1.807, 2.05) is 6.92 Å². The average molecular weight is 354 g/mol. The fraction of sp³-hybridized carbons (Fsp3) is 0.588. The first-order chi connectivity index (χ1) is 11.4. The summed E-state index contributed by atoms with van der Waals surface area (Å²) in [6.45, 7) is 2.42. The number of hydrogen-bond donors (Lipinski definition) is 1. The molecule has 1 aromatic carbocycles. The van der Waals surface area contributed by atoms with E-state index in [1.54, 1.807) is 24.3 Å². The van der Waals surface area contributed by atoms with Gasteiger partial charge in [0.15, 0.2) is 0 Å². The second-order valence-electron chi connectivity index (χ2n) is 6.16. The molecule has 0 heterocycles. The van der Waals surface area contributed by atoms with Crippen molar-refractivity contribution in [2.75, 3.05) is 23.7 Å². The summed E-state index contributed by atoms with van der Waals surface area (Å²) >= 11 is 0. The number of benzene rings is 1. The lowest BCUT2D eigenvalue weighted by molar-refractivity contribution is -0.120. The van der Waals surface area contributed by atoms with Crippen LogP contribution in [0.5, 0.6) is 5.75 Å². The summed E-state index contributed by atoms with van der Waals surface area (Å²) in [5.74, 6) is 0.420.